The second kappa shape index (κ2) is 7.09. The first-order valence-electron chi connectivity index (χ1n) is 8.43. The van der Waals surface area contributed by atoms with Crippen molar-refractivity contribution in [2.45, 2.75) is 39.0 Å². The van der Waals surface area contributed by atoms with Crippen LogP contribution in [0.3, 0.4) is 0 Å². The Hall–Kier alpha value is -2.63. The standard InChI is InChI=1S/C19H20FN3O2/c1-3-11(2)18(25)23-19-21-10-15-16(22-19)8-13(9-17(15)24)12-4-6-14(20)7-5-12/h4-7,10-11,13H,3,8-9H2,1-2H3,(H,21,22,23,25)/t11-,13+/m1/s1. The molecule has 5 nitrogen and oxygen atoms in total. The highest BCUT2D eigenvalue weighted by Crippen LogP contribution is 2.32. The zero-order valence-electron chi connectivity index (χ0n) is 14.3. The average molecular weight is 341 g/mol. The van der Waals surface area contributed by atoms with E-state index in [4.69, 9.17) is 0 Å². The minimum Gasteiger partial charge on any atom is -0.294 e. The Kier molecular flexibility index (Phi) is 4.88. The van der Waals surface area contributed by atoms with Crippen molar-refractivity contribution in [3.8, 4) is 0 Å². The van der Waals surface area contributed by atoms with Gasteiger partial charge < -0.3 is 0 Å². The summed E-state index contributed by atoms with van der Waals surface area (Å²) in [5, 5.41) is 2.70. The molecule has 0 unspecified atom stereocenters. The Morgan fingerprint density at radius 1 is 1.32 bits per heavy atom. The molecule has 2 aromatic rings. The Labute approximate surface area is 145 Å². The largest absolute Gasteiger partial charge is 0.294 e. The van der Waals surface area contributed by atoms with Crippen LogP contribution in [0.2, 0.25) is 0 Å². The molecule has 0 spiro atoms. The van der Waals surface area contributed by atoms with Crippen LogP contribution in [-0.2, 0) is 11.2 Å². The molecule has 1 aromatic carbocycles. The number of hydrogen-bond donors (Lipinski definition) is 1. The third-order valence-electron chi connectivity index (χ3n) is 4.68. The summed E-state index contributed by atoms with van der Waals surface area (Å²) in [7, 11) is 0. The normalized spacial score (nSPS) is 17.7. The lowest BCUT2D eigenvalue weighted by atomic mass is 9.82. The van der Waals surface area contributed by atoms with Crippen LogP contribution in [0.15, 0.2) is 30.5 Å². The number of rotatable bonds is 4. The highest BCUT2D eigenvalue weighted by Gasteiger charge is 2.28. The number of nitrogens with one attached hydrogen (secondary N) is 1. The van der Waals surface area contributed by atoms with E-state index in [1.54, 1.807) is 12.1 Å². The molecule has 1 aliphatic rings. The second-order valence-electron chi connectivity index (χ2n) is 6.43. The van der Waals surface area contributed by atoms with Gasteiger partial charge in [-0.15, -0.1) is 0 Å². The SMILES string of the molecule is CC[C@@H](C)C(=O)Nc1ncc2c(n1)C[C@H](c1ccc(F)cc1)CC2=O. The number of amides is 1. The van der Waals surface area contributed by atoms with E-state index in [2.05, 4.69) is 15.3 Å². The third kappa shape index (κ3) is 3.73. The van der Waals surface area contributed by atoms with Crippen molar-refractivity contribution in [1.29, 1.82) is 0 Å². The number of anilines is 1. The number of hydrogen-bond acceptors (Lipinski definition) is 4. The maximum atomic E-state index is 13.1. The van der Waals surface area contributed by atoms with Crippen molar-refractivity contribution in [2.75, 3.05) is 5.32 Å². The van der Waals surface area contributed by atoms with Crippen LogP contribution in [0.1, 0.15) is 54.2 Å². The van der Waals surface area contributed by atoms with Gasteiger partial charge >= 0.3 is 0 Å². The minimum absolute atomic E-state index is 0.0321. The Morgan fingerprint density at radius 2 is 2.04 bits per heavy atom. The zero-order chi connectivity index (χ0) is 18.0. The second-order valence-corrected chi connectivity index (χ2v) is 6.43. The van der Waals surface area contributed by atoms with E-state index in [0.29, 0.717) is 24.1 Å². The molecular weight excluding hydrogens is 321 g/mol. The molecule has 2 atom stereocenters. The molecule has 0 radical (unpaired) electrons. The van der Waals surface area contributed by atoms with Crippen LogP contribution < -0.4 is 5.32 Å². The number of ketones is 1. The molecule has 1 heterocycles. The summed E-state index contributed by atoms with van der Waals surface area (Å²) in [5.74, 6) is -0.433. The topological polar surface area (TPSA) is 72.0 Å². The highest BCUT2D eigenvalue weighted by molar-refractivity contribution is 5.99. The number of nitrogens with zero attached hydrogens (tertiary/aromatic N) is 2. The molecule has 1 aromatic heterocycles. The molecule has 0 fully saturated rings. The van der Waals surface area contributed by atoms with Gasteiger partial charge in [-0.1, -0.05) is 26.0 Å². The van der Waals surface area contributed by atoms with Gasteiger partial charge in [-0.25, -0.2) is 14.4 Å². The Bertz CT molecular complexity index is 805. The summed E-state index contributed by atoms with van der Waals surface area (Å²) in [6.45, 7) is 3.77. The first kappa shape index (κ1) is 17.2. The van der Waals surface area contributed by atoms with E-state index >= 15 is 0 Å². The monoisotopic (exact) mass is 341 g/mol. The van der Waals surface area contributed by atoms with Crippen molar-refractivity contribution >= 4 is 17.6 Å². The maximum Gasteiger partial charge on any atom is 0.229 e. The van der Waals surface area contributed by atoms with Gasteiger partial charge in [-0.3, -0.25) is 14.9 Å². The molecule has 0 saturated heterocycles. The molecule has 0 saturated carbocycles. The molecule has 130 valence electrons. The summed E-state index contributed by atoms with van der Waals surface area (Å²) in [6.07, 6.45) is 3.11. The van der Waals surface area contributed by atoms with Crippen molar-refractivity contribution in [3.05, 3.63) is 53.1 Å². The molecule has 0 aliphatic heterocycles. The lowest BCUT2D eigenvalue weighted by Gasteiger charge is -2.23. The van der Waals surface area contributed by atoms with Gasteiger partial charge in [0, 0.05) is 18.5 Å². The number of carbonyl (C=O) groups excluding carboxylic acids is 2. The van der Waals surface area contributed by atoms with E-state index in [-0.39, 0.29) is 35.3 Å². The molecule has 3 rings (SSSR count). The molecule has 1 aliphatic carbocycles. The summed E-state index contributed by atoms with van der Waals surface area (Å²) in [6, 6.07) is 6.19. The number of fused-ring (bicyclic) bond motifs is 1. The van der Waals surface area contributed by atoms with Crippen LogP contribution in [0.25, 0.3) is 0 Å². The predicted octanol–water partition coefficient (Wildman–Crippen LogP) is 3.51. The Balaban J connectivity index is 1.83. The summed E-state index contributed by atoms with van der Waals surface area (Å²) >= 11 is 0. The van der Waals surface area contributed by atoms with E-state index in [9.17, 15) is 14.0 Å². The van der Waals surface area contributed by atoms with Crippen molar-refractivity contribution in [3.63, 3.8) is 0 Å². The minimum atomic E-state index is -0.302. The summed E-state index contributed by atoms with van der Waals surface area (Å²) < 4.78 is 13.1. The molecule has 6 heteroatoms. The molecule has 0 bridgehead atoms. The molecule has 25 heavy (non-hydrogen) atoms. The van der Waals surface area contributed by atoms with Crippen LogP contribution >= 0.6 is 0 Å². The molecular formula is C19H20FN3O2. The molecule has 1 amide bonds. The third-order valence-corrected chi connectivity index (χ3v) is 4.68. The van der Waals surface area contributed by atoms with Crippen molar-refractivity contribution < 1.29 is 14.0 Å². The quantitative estimate of drug-likeness (QED) is 0.924. The number of halogens is 1. The van der Waals surface area contributed by atoms with E-state index in [1.807, 2.05) is 13.8 Å². The Morgan fingerprint density at radius 3 is 2.72 bits per heavy atom. The van der Waals surface area contributed by atoms with Gasteiger partial charge in [0.25, 0.3) is 0 Å². The van der Waals surface area contributed by atoms with Gasteiger partial charge in [-0.2, -0.15) is 0 Å². The van der Waals surface area contributed by atoms with E-state index in [0.717, 1.165) is 12.0 Å². The lowest BCUT2D eigenvalue weighted by molar-refractivity contribution is -0.119. The first-order valence-corrected chi connectivity index (χ1v) is 8.43. The van der Waals surface area contributed by atoms with E-state index in [1.165, 1.54) is 18.3 Å². The van der Waals surface area contributed by atoms with Crippen LogP contribution in [0.4, 0.5) is 10.3 Å². The number of aromatic nitrogens is 2. The van der Waals surface area contributed by atoms with Gasteiger partial charge in [0.15, 0.2) is 5.78 Å². The summed E-state index contributed by atoms with van der Waals surface area (Å²) in [5.41, 5.74) is 2.03. The summed E-state index contributed by atoms with van der Waals surface area (Å²) in [4.78, 5) is 32.9. The van der Waals surface area contributed by atoms with Gasteiger partial charge in [0.2, 0.25) is 11.9 Å². The smallest absolute Gasteiger partial charge is 0.229 e. The van der Waals surface area contributed by atoms with Gasteiger partial charge in [0.05, 0.1) is 11.3 Å². The predicted molar refractivity (Wildman–Crippen MR) is 91.9 cm³/mol. The zero-order valence-corrected chi connectivity index (χ0v) is 14.3. The fourth-order valence-electron chi connectivity index (χ4n) is 2.89. The maximum absolute atomic E-state index is 13.1. The van der Waals surface area contributed by atoms with Crippen molar-refractivity contribution in [2.24, 2.45) is 5.92 Å². The van der Waals surface area contributed by atoms with E-state index < -0.39 is 0 Å². The van der Waals surface area contributed by atoms with Crippen LogP contribution in [0, 0.1) is 11.7 Å². The number of Topliss-reactive ketones (excluding diaryl/α,β-unsaturated/α-hetero) is 1. The van der Waals surface area contributed by atoms with Gasteiger partial charge in [0.1, 0.15) is 5.82 Å². The number of benzene rings is 1. The fourth-order valence-corrected chi connectivity index (χ4v) is 2.89. The van der Waals surface area contributed by atoms with Crippen LogP contribution in [0.5, 0.6) is 0 Å². The average Bonchev–Trinajstić information content (AvgIpc) is 2.61. The fraction of sp³-hybridized carbons (Fsp3) is 0.368. The first-order chi connectivity index (χ1) is 12.0. The van der Waals surface area contributed by atoms with Crippen molar-refractivity contribution in [1.82, 2.24) is 9.97 Å². The highest BCUT2D eigenvalue weighted by atomic mass is 19.1. The lowest BCUT2D eigenvalue weighted by Crippen LogP contribution is -2.24. The number of carbonyl (C=O) groups is 2. The van der Waals surface area contributed by atoms with Gasteiger partial charge in [-0.05, 0) is 36.5 Å². The molecule has 1 N–H and O–H groups in total. The van der Waals surface area contributed by atoms with Crippen LogP contribution in [-0.4, -0.2) is 21.7 Å².